The number of amides is 1. The van der Waals surface area contributed by atoms with Crippen LogP contribution in [0.5, 0.6) is 0 Å². The molecule has 1 amide bonds. The highest BCUT2D eigenvalue weighted by Gasteiger charge is 2.34. The number of imidazole rings is 1. The SMILES string of the molecule is Cn1c(CCC(=O)N2CCCC2)c2n(c1=S)CC(c1c(F)c(F)cc(F)c1F)C2. The first-order chi connectivity index (χ1) is 13.8. The van der Waals surface area contributed by atoms with Crippen LogP contribution in [0.2, 0.25) is 0 Å². The Labute approximate surface area is 170 Å². The van der Waals surface area contributed by atoms with E-state index in [9.17, 15) is 22.4 Å². The van der Waals surface area contributed by atoms with Gasteiger partial charge in [-0.05, 0) is 37.9 Å². The Kier molecular flexibility index (Phi) is 5.27. The lowest BCUT2D eigenvalue weighted by atomic mass is 9.94. The summed E-state index contributed by atoms with van der Waals surface area (Å²) in [5, 5.41) is 0. The number of rotatable bonds is 4. The number of carbonyl (C=O) groups excluding carboxylic acids is 1. The molecule has 1 unspecified atom stereocenters. The minimum Gasteiger partial charge on any atom is -0.343 e. The van der Waals surface area contributed by atoms with Crippen LogP contribution < -0.4 is 0 Å². The number of hydrogen-bond acceptors (Lipinski definition) is 2. The van der Waals surface area contributed by atoms with Crippen molar-refractivity contribution in [2.24, 2.45) is 7.05 Å². The second kappa shape index (κ2) is 7.59. The Morgan fingerprint density at radius 3 is 2.38 bits per heavy atom. The van der Waals surface area contributed by atoms with Crippen molar-refractivity contribution in [1.29, 1.82) is 0 Å². The first-order valence-corrected chi connectivity index (χ1v) is 10.1. The van der Waals surface area contributed by atoms with Crippen molar-refractivity contribution in [3.8, 4) is 0 Å². The summed E-state index contributed by atoms with van der Waals surface area (Å²) in [4.78, 5) is 14.2. The molecule has 1 aromatic carbocycles. The predicted octanol–water partition coefficient (Wildman–Crippen LogP) is 4.01. The van der Waals surface area contributed by atoms with E-state index in [-0.39, 0.29) is 24.9 Å². The largest absolute Gasteiger partial charge is 0.343 e. The van der Waals surface area contributed by atoms with Crippen molar-refractivity contribution in [3.05, 3.63) is 51.1 Å². The van der Waals surface area contributed by atoms with Crippen LogP contribution in [0, 0.1) is 28.0 Å². The minimum atomic E-state index is -1.41. The van der Waals surface area contributed by atoms with Crippen LogP contribution in [-0.4, -0.2) is 33.0 Å². The molecule has 0 radical (unpaired) electrons. The van der Waals surface area contributed by atoms with E-state index in [1.165, 1.54) is 0 Å². The van der Waals surface area contributed by atoms with Gasteiger partial charge in [-0.15, -0.1) is 0 Å². The molecule has 1 atom stereocenters. The quantitative estimate of drug-likeness (QED) is 0.419. The lowest BCUT2D eigenvalue weighted by Gasteiger charge is -2.16. The molecule has 9 heteroatoms. The number of likely N-dealkylation sites (tertiary alicyclic amines) is 1. The lowest BCUT2D eigenvalue weighted by molar-refractivity contribution is -0.130. The molecule has 0 N–H and O–H groups in total. The molecule has 156 valence electrons. The highest BCUT2D eigenvalue weighted by Crippen LogP contribution is 2.37. The van der Waals surface area contributed by atoms with E-state index in [2.05, 4.69) is 0 Å². The normalized spacial score (nSPS) is 18.5. The second-order valence-electron chi connectivity index (χ2n) is 7.72. The molecular formula is C20H21F4N3OS. The molecule has 1 saturated heterocycles. The van der Waals surface area contributed by atoms with Gasteiger partial charge in [0.2, 0.25) is 5.91 Å². The van der Waals surface area contributed by atoms with E-state index in [0.29, 0.717) is 17.6 Å². The summed E-state index contributed by atoms with van der Waals surface area (Å²) in [6, 6.07) is 0.220. The number of aromatic nitrogens is 2. The van der Waals surface area contributed by atoms with Crippen molar-refractivity contribution in [3.63, 3.8) is 0 Å². The predicted molar refractivity (Wildman–Crippen MR) is 101 cm³/mol. The molecule has 2 aromatic rings. The summed E-state index contributed by atoms with van der Waals surface area (Å²) in [6.07, 6.45) is 3.00. The van der Waals surface area contributed by atoms with Crippen molar-refractivity contribution < 1.29 is 22.4 Å². The molecule has 29 heavy (non-hydrogen) atoms. The fourth-order valence-corrected chi connectivity index (χ4v) is 4.80. The molecule has 3 heterocycles. The van der Waals surface area contributed by atoms with Crippen molar-refractivity contribution in [2.45, 2.75) is 44.6 Å². The third-order valence-electron chi connectivity index (χ3n) is 6.01. The van der Waals surface area contributed by atoms with Gasteiger partial charge in [0, 0.05) is 62.0 Å². The monoisotopic (exact) mass is 427 g/mol. The smallest absolute Gasteiger partial charge is 0.222 e. The van der Waals surface area contributed by atoms with Crippen LogP contribution in [0.4, 0.5) is 17.6 Å². The van der Waals surface area contributed by atoms with Gasteiger partial charge in [-0.3, -0.25) is 4.79 Å². The molecule has 1 aromatic heterocycles. The topological polar surface area (TPSA) is 30.2 Å². The molecule has 1 fully saturated rings. The van der Waals surface area contributed by atoms with Crippen LogP contribution in [-0.2, 0) is 31.2 Å². The number of halogens is 4. The van der Waals surface area contributed by atoms with Gasteiger partial charge in [0.15, 0.2) is 28.0 Å². The van der Waals surface area contributed by atoms with Gasteiger partial charge in [-0.2, -0.15) is 0 Å². The Bertz CT molecular complexity index is 1010. The van der Waals surface area contributed by atoms with E-state index >= 15 is 0 Å². The zero-order valence-electron chi connectivity index (χ0n) is 16.0. The standard InChI is InChI=1S/C20H21F4N3OS/c1-25-14(4-5-16(28)26-6-2-3-7-26)15-8-11(10-27(15)20(25)29)17-18(23)12(21)9-13(22)19(17)24/h9,11H,2-8,10H2,1H3. The number of hydrogen-bond donors (Lipinski definition) is 0. The van der Waals surface area contributed by atoms with E-state index < -0.39 is 34.8 Å². The highest BCUT2D eigenvalue weighted by molar-refractivity contribution is 7.71. The molecule has 2 aliphatic heterocycles. The molecule has 2 aliphatic rings. The third kappa shape index (κ3) is 3.39. The fraction of sp³-hybridized carbons (Fsp3) is 0.500. The zero-order valence-corrected chi connectivity index (χ0v) is 16.8. The maximum absolute atomic E-state index is 14.3. The summed E-state index contributed by atoms with van der Waals surface area (Å²) in [7, 11) is 1.79. The molecule has 0 bridgehead atoms. The number of benzene rings is 1. The molecule has 4 nitrogen and oxygen atoms in total. The van der Waals surface area contributed by atoms with Gasteiger partial charge in [-0.1, -0.05) is 0 Å². The molecule has 0 aliphatic carbocycles. The molecule has 4 rings (SSSR count). The first-order valence-electron chi connectivity index (χ1n) is 9.67. The number of fused-ring (bicyclic) bond motifs is 1. The van der Waals surface area contributed by atoms with E-state index in [4.69, 9.17) is 12.2 Å². The fourth-order valence-electron chi connectivity index (χ4n) is 4.50. The van der Waals surface area contributed by atoms with Crippen molar-refractivity contribution in [2.75, 3.05) is 13.1 Å². The third-order valence-corrected chi connectivity index (χ3v) is 6.51. The maximum atomic E-state index is 14.3. The van der Waals surface area contributed by atoms with Gasteiger partial charge >= 0.3 is 0 Å². The Balaban J connectivity index is 1.60. The summed E-state index contributed by atoms with van der Waals surface area (Å²) in [5.74, 6) is -6.22. The average molecular weight is 427 g/mol. The van der Waals surface area contributed by atoms with Crippen LogP contribution >= 0.6 is 12.2 Å². The van der Waals surface area contributed by atoms with Crippen molar-refractivity contribution in [1.82, 2.24) is 14.0 Å². The van der Waals surface area contributed by atoms with Gasteiger partial charge in [0.1, 0.15) is 0 Å². The van der Waals surface area contributed by atoms with Gasteiger partial charge in [0.25, 0.3) is 0 Å². The average Bonchev–Trinajstić information content (AvgIpc) is 3.40. The highest BCUT2D eigenvalue weighted by atomic mass is 32.1. The van der Waals surface area contributed by atoms with E-state index in [1.54, 1.807) is 16.2 Å². The van der Waals surface area contributed by atoms with Crippen LogP contribution in [0.25, 0.3) is 0 Å². The zero-order chi connectivity index (χ0) is 20.9. The van der Waals surface area contributed by atoms with Gasteiger partial charge < -0.3 is 14.0 Å². The second-order valence-corrected chi connectivity index (χ2v) is 8.08. The van der Waals surface area contributed by atoms with E-state index in [0.717, 1.165) is 37.3 Å². The summed E-state index contributed by atoms with van der Waals surface area (Å²) in [5.41, 5.74) is 1.00. The first kappa shape index (κ1) is 20.1. The van der Waals surface area contributed by atoms with Crippen LogP contribution in [0.15, 0.2) is 6.07 Å². The Morgan fingerprint density at radius 1 is 1.14 bits per heavy atom. The van der Waals surface area contributed by atoms with Gasteiger partial charge in [-0.25, -0.2) is 17.6 Å². The Morgan fingerprint density at radius 2 is 1.76 bits per heavy atom. The van der Waals surface area contributed by atoms with E-state index in [1.807, 2.05) is 4.90 Å². The molecule has 0 saturated carbocycles. The lowest BCUT2D eigenvalue weighted by Crippen LogP contribution is -2.28. The minimum absolute atomic E-state index is 0.0761. The number of carbonyl (C=O) groups is 1. The molecular weight excluding hydrogens is 406 g/mol. The van der Waals surface area contributed by atoms with Crippen LogP contribution in [0.3, 0.4) is 0 Å². The van der Waals surface area contributed by atoms with Gasteiger partial charge in [0.05, 0.1) is 0 Å². The summed E-state index contributed by atoms with van der Waals surface area (Å²) >= 11 is 5.44. The summed E-state index contributed by atoms with van der Waals surface area (Å²) in [6.45, 7) is 1.69. The Hall–Kier alpha value is -2.16. The summed E-state index contributed by atoms with van der Waals surface area (Å²) < 4.78 is 59.8. The molecule has 0 spiro atoms. The van der Waals surface area contributed by atoms with Crippen LogP contribution in [0.1, 0.15) is 42.1 Å². The maximum Gasteiger partial charge on any atom is 0.222 e. The number of nitrogens with zero attached hydrogens (tertiary/aromatic N) is 3. The van der Waals surface area contributed by atoms with Crippen molar-refractivity contribution >= 4 is 18.1 Å².